The molecule has 1 aliphatic rings. The van der Waals surface area contributed by atoms with E-state index in [-0.39, 0.29) is 18.0 Å². The van der Waals surface area contributed by atoms with E-state index in [1.165, 1.54) is 5.56 Å². The molecule has 2 rings (SSSR count). The molecule has 2 atom stereocenters. The molecule has 0 radical (unpaired) electrons. The van der Waals surface area contributed by atoms with E-state index in [9.17, 15) is 4.79 Å². The predicted molar refractivity (Wildman–Crippen MR) is 81.0 cm³/mol. The fourth-order valence-corrected chi connectivity index (χ4v) is 2.91. The largest absolute Gasteiger partial charge is 0.335 e. The zero-order chi connectivity index (χ0) is 13.8. The van der Waals surface area contributed by atoms with Crippen LogP contribution in [0.5, 0.6) is 0 Å². The molecule has 2 unspecified atom stereocenters. The molecule has 1 fully saturated rings. The van der Waals surface area contributed by atoms with Gasteiger partial charge in [0.15, 0.2) is 0 Å². The molecular weight excluding hydrogens is 304 g/mol. The Hall–Kier alpha value is -0.870. The van der Waals surface area contributed by atoms with Crippen molar-refractivity contribution in [3.05, 3.63) is 34.3 Å². The topological polar surface area (TPSA) is 32.3 Å². The van der Waals surface area contributed by atoms with E-state index < -0.39 is 0 Å². The summed E-state index contributed by atoms with van der Waals surface area (Å²) in [6, 6.07) is 8.36. The van der Waals surface area contributed by atoms with Crippen molar-refractivity contribution in [1.82, 2.24) is 10.2 Å². The van der Waals surface area contributed by atoms with E-state index in [0.29, 0.717) is 0 Å². The summed E-state index contributed by atoms with van der Waals surface area (Å²) in [6.07, 6.45) is 2.03. The standard InChI is InChI=1S/C15H21BrN2O/c1-3-17-14-5-4-10-18(15(14)19)11(2)12-6-8-13(16)9-7-12/h6-9,11,14,17H,3-5,10H2,1-2H3. The van der Waals surface area contributed by atoms with Gasteiger partial charge in [-0.2, -0.15) is 0 Å². The van der Waals surface area contributed by atoms with Gasteiger partial charge >= 0.3 is 0 Å². The van der Waals surface area contributed by atoms with Gasteiger partial charge < -0.3 is 10.2 Å². The number of hydrogen-bond acceptors (Lipinski definition) is 2. The number of carbonyl (C=O) groups excluding carboxylic acids is 1. The summed E-state index contributed by atoms with van der Waals surface area (Å²) in [7, 11) is 0. The van der Waals surface area contributed by atoms with Crippen LogP contribution >= 0.6 is 15.9 Å². The van der Waals surface area contributed by atoms with Crippen molar-refractivity contribution in [2.75, 3.05) is 13.1 Å². The number of nitrogens with zero attached hydrogens (tertiary/aromatic N) is 1. The van der Waals surface area contributed by atoms with Crippen LogP contribution in [-0.4, -0.2) is 29.9 Å². The minimum atomic E-state index is -0.00310. The van der Waals surface area contributed by atoms with Crippen molar-refractivity contribution >= 4 is 21.8 Å². The highest BCUT2D eigenvalue weighted by molar-refractivity contribution is 9.10. The number of rotatable bonds is 4. The highest BCUT2D eigenvalue weighted by Crippen LogP contribution is 2.26. The second-order valence-corrected chi connectivity index (χ2v) is 5.93. The van der Waals surface area contributed by atoms with Crippen LogP contribution in [-0.2, 0) is 4.79 Å². The van der Waals surface area contributed by atoms with Crippen molar-refractivity contribution < 1.29 is 4.79 Å². The van der Waals surface area contributed by atoms with Gasteiger partial charge in [0.25, 0.3) is 0 Å². The lowest BCUT2D eigenvalue weighted by Crippen LogP contribution is -2.51. The van der Waals surface area contributed by atoms with Crippen molar-refractivity contribution in [3.63, 3.8) is 0 Å². The summed E-state index contributed by atoms with van der Waals surface area (Å²) < 4.78 is 1.07. The summed E-state index contributed by atoms with van der Waals surface area (Å²) in [4.78, 5) is 14.5. The SMILES string of the molecule is CCNC1CCCN(C(C)c2ccc(Br)cc2)C1=O. The number of carbonyl (C=O) groups is 1. The highest BCUT2D eigenvalue weighted by atomic mass is 79.9. The summed E-state index contributed by atoms with van der Waals surface area (Å²) in [6.45, 7) is 5.86. The van der Waals surface area contributed by atoms with E-state index in [2.05, 4.69) is 40.3 Å². The van der Waals surface area contributed by atoms with Crippen molar-refractivity contribution in [2.45, 2.75) is 38.8 Å². The lowest BCUT2D eigenvalue weighted by Gasteiger charge is -2.37. The van der Waals surface area contributed by atoms with Gasteiger partial charge in [0.2, 0.25) is 5.91 Å². The molecule has 1 amide bonds. The molecule has 0 spiro atoms. The van der Waals surface area contributed by atoms with E-state index in [0.717, 1.165) is 30.4 Å². The maximum absolute atomic E-state index is 12.5. The number of amides is 1. The Morgan fingerprint density at radius 2 is 2.11 bits per heavy atom. The van der Waals surface area contributed by atoms with Gasteiger partial charge in [0, 0.05) is 11.0 Å². The zero-order valence-corrected chi connectivity index (χ0v) is 13.1. The Kier molecular flexibility index (Phi) is 4.99. The number of halogens is 1. The van der Waals surface area contributed by atoms with Crippen LogP contribution in [0.15, 0.2) is 28.7 Å². The second kappa shape index (κ2) is 6.53. The van der Waals surface area contributed by atoms with Crippen molar-refractivity contribution in [1.29, 1.82) is 0 Å². The third-order valence-corrected chi connectivity index (χ3v) is 4.27. The molecule has 1 aromatic rings. The molecule has 3 nitrogen and oxygen atoms in total. The summed E-state index contributed by atoms with van der Waals surface area (Å²) in [5, 5.41) is 3.28. The predicted octanol–water partition coefficient (Wildman–Crippen LogP) is 3.11. The van der Waals surface area contributed by atoms with Crippen LogP contribution in [0.2, 0.25) is 0 Å². The molecule has 4 heteroatoms. The first kappa shape index (κ1) is 14.5. The van der Waals surface area contributed by atoms with E-state index in [1.807, 2.05) is 24.0 Å². The van der Waals surface area contributed by atoms with Gasteiger partial charge in [-0.3, -0.25) is 4.79 Å². The molecule has 0 aromatic heterocycles. The normalized spacial score (nSPS) is 21.5. The van der Waals surface area contributed by atoms with E-state index in [4.69, 9.17) is 0 Å². The van der Waals surface area contributed by atoms with Gasteiger partial charge in [0.1, 0.15) is 0 Å². The van der Waals surface area contributed by atoms with Gasteiger partial charge in [-0.25, -0.2) is 0 Å². The first-order chi connectivity index (χ1) is 9.13. The highest BCUT2D eigenvalue weighted by Gasteiger charge is 2.31. The maximum Gasteiger partial charge on any atom is 0.240 e. The lowest BCUT2D eigenvalue weighted by atomic mass is 9.99. The average molecular weight is 325 g/mol. The third-order valence-electron chi connectivity index (χ3n) is 3.74. The minimum Gasteiger partial charge on any atom is -0.335 e. The van der Waals surface area contributed by atoms with Crippen LogP contribution in [0.3, 0.4) is 0 Å². The Balaban J connectivity index is 2.11. The quantitative estimate of drug-likeness (QED) is 0.922. The smallest absolute Gasteiger partial charge is 0.240 e. The van der Waals surface area contributed by atoms with Crippen LogP contribution in [0.4, 0.5) is 0 Å². The molecule has 1 aromatic carbocycles. The number of benzene rings is 1. The third kappa shape index (κ3) is 3.37. The number of hydrogen-bond donors (Lipinski definition) is 1. The van der Waals surface area contributed by atoms with Crippen molar-refractivity contribution in [3.8, 4) is 0 Å². The molecule has 104 valence electrons. The maximum atomic E-state index is 12.5. The fraction of sp³-hybridized carbons (Fsp3) is 0.533. The van der Waals surface area contributed by atoms with Crippen LogP contribution < -0.4 is 5.32 Å². The van der Waals surface area contributed by atoms with E-state index in [1.54, 1.807) is 0 Å². The van der Waals surface area contributed by atoms with Crippen molar-refractivity contribution in [2.24, 2.45) is 0 Å². The molecule has 19 heavy (non-hydrogen) atoms. The lowest BCUT2D eigenvalue weighted by molar-refractivity contribution is -0.138. The van der Waals surface area contributed by atoms with E-state index >= 15 is 0 Å². The van der Waals surface area contributed by atoms with Gasteiger partial charge in [-0.05, 0) is 44.0 Å². The Bertz CT molecular complexity index is 430. The average Bonchev–Trinajstić information content (AvgIpc) is 2.41. The summed E-state index contributed by atoms with van der Waals surface area (Å²) >= 11 is 3.44. The first-order valence-corrected chi connectivity index (χ1v) is 7.72. The zero-order valence-electron chi connectivity index (χ0n) is 11.5. The number of nitrogens with one attached hydrogen (secondary N) is 1. The first-order valence-electron chi connectivity index (χ1n) is 6.92. The van der Waals surface area contributed by atoms with Crippen LogP contribution in [0.1, 0.15) is 38.3 Å². The second-order valence-electron chi connectivity index (χ2n) is 5.01. The molecule has 1 N–H and O–H groups in total. The van der Waals surface area contributed by atoms with Gasteiger partial charge in [0.05, 0.1) is 12.1 Å². The minimum absolute atomic E-state index is 0.00310. The summed E-state index contributed by atoms with van der Waals surface area (Å²) in [5.41, 5.74) is 1.19. The Morgan fingerprint density at radius 1 is 1.42 bits per heavy atom. The molecule has 0 saturated carbocycles. The van der Waals surface area contributed by atoms with Crippen LogP contribution in [0.25, 0.3) is 0 Å². The van der Waals surface area contributed by atoms with Gasteiger partial charge in [-0.15, -0.1) is 0 Å². The number of piperidine rings is 1. The molecule has 0 aliphatic carbocycles. The number of likely N-dealkylation sites (N-methyl/N-ethyl adjacent to an activating group) is 1. The fourth-order valence-electron chi connectivity index (χ4n) is 2.64. The molecular formula is C15H21BrN2O. The molecule has 1 aliphatic heterocycles. The monoisotopic (exact) mass is 324 g/mol. The van der Waals surface area contributed by atoms with Crippen LogP contribution in [0, 0.1) is 0 Å². The number of likely N-dealkylation sites (tertiary alicyclic amines) is 1. The molecule has 0 bridgehead atoms. The Morgan fingerprint density at radius 3 is 2.74 bits per heavy atom. The summed E-state index contributed by atoms with van der Waals surface area (Å²) in [5.74, 6) is 0.239. The Labute approximate surface area is 123 Å². The molecule has 1 saturated heterocycles. The molecule has 1 heterocycles. The van der Waals surface area contributed by atoms with Gasteiger partial charge in [-0.1, -0.05) is 35.0 Å².